The van der Waals surface area contributed by atoms with Crippen LogP contribution in [0.1, 0.15) is 47.1 Å². The minimum atomic E-state index is 1.21. The molecule has 1 rings (SSSR count). The van der Waals surface area contributed by atoms with Gasteiger partial charge in [-0.3, -0.25) is 0 Å². The summed E-state index contributed by atoms with van der Waals surface area (Å²) >= 11 is 0. The number of allylic oxidation sites excluding steroid dienone is 2. The molecule has 0 unspecified atom stereocenters. The van der Waals surface area contributed by atoms with E-state index in [2.05, 4.69) is 18.7 Å². The maximum Gasteiger partial charge on any atom is -0.0257 e. The summed E-state index contributed by atoms with van der Waals surface area (Å²) in [5, 5.41) is 0. The summed E-state index contributed by atoms with van der Waals surface area (Å²) in [6, 6.07) is 10.1. The molecule has 0 heteroatoms. The molecular weight excluding hydrogens is 192 g/mol. The Labute approximate surface area is 103 Å². The summed E-state index contributed by atoms with van der Waals surface area (Å²) in [5.74, 6) is 0. The predicted molar refractivity (Wildman–Crippen MR) is 79.7 cm³/mol. The van der Waals surface area contributed by atoms with Crippen LogP contribution >= 0.6 is 0 Å². The van der Waals surface area contributed by atoms with Crippen LogP contribution in [0.2, 0.25) is 0 Å². The molecular formula is C16H28. The van der Waals surface area contributed by atoms with E-state index in [9.17, 15) is 0 Å². The van der Waals surface area contributed by atoms with E-state index in [1.54, 1.807) is 6.08 Å². The monoisotopic (exact) mass is 220 g/mol. The molecule has 0 fully saturated rings. The largest absolute Gasteiger partial charge is 0.0991 e. The Balaban J connectivity index is -0.000000245. The molecule has 0 aliphatic carbocycles. The maximum absolute atomic E-state index is 3.59. The summed E-state index contributed by atoms with van der Waals surface area (Å²) in [6.45, 7) is 15.6. The van der Waals surface area contributed by atoms with Crippen molar-refractivity contribution in [2.45, 2.75) is 41.5 Å². The highest BCUT2D eigenvalue weighted by Gasteiger charge is 1.78. The minimum absolute atomic E-state index is 1.21. The van der Waals surface area contributed by atoms with Crippen molar-refractivity contribution in [1.29, 1.82) is 0 Å². The van der Waals surface area contributed by atoms with Crippen LogP contribution in [0.15, 0.2) is 49.1 Å². The van der Waals surface area contributed by atoms with Gasteiger partial charge in [-0.05, 0) is 5.56 Å². The average Bonchev–Trinajstić information content (AvgIpc) is 2.44. The molecule has 0 radical (unpaired) electrons. The van der Waals surface area contributed by atoms with E-state index in [0.29, 0.717) is 0 Å². The first-order valence-corrected chi connectivity index (χ1v) is 6.27. The second-order valence-electron chi connectivity index (χ2n) is 2.01. The van der Waals surface area contributed by atoms with Gasteiger partial charge in [-0.15, -0.1) is 0 Å². The lowest BCUT2D eigenvalue weighted by Gasteiger charge is -1.87. The Morgan fingerprint density at radius 3 is 1.62 bits per heavy atom. The highest BCUT2D eigenvalue weighted by molar-refractivity contribution is 5.50. The fourth-order valence-corrected chi connectivity index (χ4v) is 0.743. The first-order chi connectivity index (χ1) is 7.93. The van der Waals surface area contributed by atoms with Crippen LogP contribution in [0.25, 0.3) is 6.08 Å². The summed E-state index contributed by atoms with van der Waals surface area (Å²) < 4.78 is 0. The van der Waals surface area contributed by atoms with E-state index in [1.807, 2.05) is 71.9 Å². The van der Waals surface area contributed by atoms with E-state index in [1.165, 1.54) is 5.56 Å². The molecule has 0 nitrogen and oxygen atoms in total. The first kappa shape index (κ1) is 20.2. The third-order valence-electron chi connectivity index (χ3n) is 1.22. The van der Waals surface area contributed by atoms with Gasteiger partial charge in [0.1, 0.15) is 0 Å². The standard InChI is InChI=1S/C10H10.3C2H6/c1-2-3-7-10-8-5-4-6-9-10;3*1-2/h2-9H,1H2;3*1-2H3/b7-3-;;;. The number of rotatable bonds is 2. The molecule has 0 aliphatic rings. The third kappa shape index (κ3) is 15.2. The molecule has 0 bridgehead atoms. The zero-order valence-corrected chi connectivity index (χ0v) is 11.8. The second-order valence-corrected chi connectivity index (χ2v) is 2.01. The average molecular weight is 220 g/mol. The van der Waals surface area contributed by atoms with Crippen LogP contribution in [0, 0.1) is 0 Å². The molecule has 0 spiro atoms. The minimum Gasteiger partial charge on any atom is -0.0991 e. The van der Waals surface area contributed by atoms with Gasteiger partial charge < -0.3 is 0 Å². The summed E-state index contributed by atoms with van der Waals surface area (Å²) in [7, 11) is 0. The van der Waals surface area contributed by atoms with Gasteiger partial charge in [0.15, 0.2) is 0 Å². The van der Waals surface area contributed by atoms with Crippen molar-refractivity contribution >= 4 is 6.08 Å². The van der Waals surface area contributed by atoms with Gasteiger partial charge in [-0.2, -0.15) is 0 Å². The molecule has 0 aliphatic heterocycles. The topological polar surface area (TPSA) is 0 Å². The van der Waals surface area contributed by atoms with Gasteiger partial charge in [0.25, 0.3) is 0 Å². The van der Waals surface area contributed by atoms with Crippen LogP contribution in [-0.2, 0) is 0 Å². The smallest absolute Gasteiger partial charge is 0.0257 e. The van der Waals surface area contributed by atoms with E-state index >= 15 is 0 Å². The molecule has 1 aromatic rings. The third-order valence-corrected chi connectivity index (χ3v) is 1.22. The van der Waals surface area contributed by atoms with Crippen LogP contribution in [-0.4, -0.2) is 0 Å². The second kappa shape index (κ2) is 23.5. The number of hydrogen-bond acceptors (Lipinski definition) is 0. The van der Waals surface area contributed by atoms with Gasteiger partial charge >= 0.3 is 0 Å². The molecule has 1 aromatic carbocycles. The summed E-state index contributed by atoms with van der Waals surface area (Å²) in [6.07, 6.45) is 5.72. The Hall–Kier alpha value is -1.30. The van der Waals surface area contributed by atoms with Gasteiger partial charge in [0.2, 0.25) is 0 Å². The Bertz CT molecular complexity index is 219. The Morgan fingerprint density at radius 1 is 0.812 bits per heavy atom. The highest BCUT2D eigenvalue weighted by Crippen LogP contribution is 1.99. The van der Waals surface area contributed by atoms with Gasteiger partial charge in [0.05, 0.1) is 0 Å². The lowest BCUT2D eigenvalue weighted by molar-refractivity contribution is 1.50. The molecule has 16 heavy (non-hydrogen) atoms. The zero-order chi connectivity index (χ0) is 13.2. The van der Waals surface area contributed by atoms with Gasteiger partial charge in [-0.25, -0.2) is 0 Å². The van der Waals surface area contributed by atoms with Crippen molar-refractivity contribution in [1.82, 2.24) is 0 Å². The predicted octanol–water partition coefficient (Wildman–Crippen LogP) is 5.96. The zero-order valence-electron chi connectivity index (χ0n) is 11.8. The molecule has 0 amide bonds. The summed E-state index contributed by atoms with van der Waals surface area (Å²) in [4.78, 5) is 0. The van der Waals surface area contributed by atoms with Crippen LogP contribution in [0.5, 0.6) is 0 Å². The van der Waals surface area contributed by atoms with Crippen molar-refractivity contribution in [2.24, 2.45) is 0 Å². The Morgan fingerprint density at radius 2 is 1.25 bits per heavy atom. The molecule has 0 heterocycles. The van der Waals surface area contributed by atoms with Crippen molar-refractivity contribution in [3.05, 3.63) is 54.6 Å². The number of hydrogen-bond donors (Lipinski definition) is 0. The highest BCUT2D eigenvalue weighted by atomic mass is 13.8. The van der Waals surface area contributed by atoms with E-state index in [-0.39, 0.29) is 0 Å². The lowest BCUT2D eigenvalue weighted by Crippen LogP contribution is -1.65. The normalized spacial score (nSPS) is 7.38. The van der Waals surface area contributed by atoms with Gasteiger partial charge in [0, 0.05) is 0 Å². The van der Waals surface area contributed by atoms with Crippen molar-refractivity contribution in [3.63, 3.8) is 0 Å². The molecule has 0 aromatic heterocycles. The van der Waals surface area contributed by atoms with Crippen LogP contribution in [0.4, 0.5) is 0 Å². The van der Waals surface area contributed by atoms with Crippen molar-refractivity contribution < 1.29 is 0 Å². The maximum atomic E-state index is 3.59. The first-order valence-electron chi connectivity index (χ1n) is 6.27. The fourth-order valence-electron chi connectivity index (χ4n) is 0.743. The molecule has 0 saturated heterocycles. The molecule has 92 valence electrons. The SMILES string of the molecule is C=C/C=C\c1ccccc1.CC.CC.CC. The quantitative estimate of drug-likeness (QED) is 0.539. The molecule has 0 atom stereocenters. The van der Waals surface area contributed by atoms with Crippen LogP contribution in [0.3, 0.4) is 0 Å². The fraction of sp³-hybridized carbons (Fsp3) is 0.375. The van der Waals surface area contributed by atoms with E-state index < -0.39 is 0 Å². The van der Waals surface area contributed by atoms with Crippen LogP contribution < -0.4 is 0 Å². The van der Waals surface area contributed by atoms with Gasteiger partial charge in [-0.1, -0.05) is 96.7 Å². The summed E-state index contributed by atoms with van der Waals surface area (Å²) in [5.41, 5.74) is 1.21. The Kier molecular flexibility index (Phi) is 29.6. The van der Waals surface area contributed by atoms with E-state index in [4.69, 9.17) is 0 Å². The molecule has 0 saturated carbocycles. The molecule has 0 N–H and O–H groups in total. The lowest BCUT2D eigenvalue weighted by atomic mass is 10.2. The van der Waals surface area contributed by atoms with Crippen molar-refractivity contribution in [3.8, 4) is 0 Å². The number of benzene rings is 1. The van der Waals surface area contributed by atoms with Crippen molar-refractivity contribution in [2.75, 3.05) is 0 Å². The van der Waals surface area contributed by atoms with E-state index in [0.717, 1.165) is 0 Å².